The normalized spacial score (nSPS) is 12.8. The molecular weight excluding hydrogens is 186 g/mol. The molecule has 0 aliphatic heterocycles. The van der Waals surface area contributed by atoms with Crippen LogP contribution in [0.25, 0.3) is 0 Å². The lowest BCUT2D eigenvalue weighted by atomic mass is 10.2. The van der Waals surface area contributed by atoms with Crippen molar-refractivity contribution in [2.75, 3.05) is 18.6 Å². The van der Waals surface area contributed by atoms with Crippen molar-refractivity contribution in [1.82, 2.24) is 5.32 Å². The summed E-state index contributed by atoms with van der Waals surface area (Å²) in [6.45, 7) is 2.90. The molecule has 0 aliphatic rings. The van der Waals surface area contributed by atoms with E-state index in [1.807, 2.05) is 6.26 Å². The fourth-order valence-electron chi connectivity index (χ4n) is 1.00. The second kappa shape index (κ2) is 8.38. The fourth-order valence-corrected chi connectivity index (χ4v) is 1.47. The second-order valence-electron chi connectivity index (χ2n) is 2.98. The minimum Gasteiger partial charge on any atom is -0.480 e. The number of rotatable bonds is 8. The maximum Gasteiger partial charge on any atom is 0.320 e. The maximum absolute atomic E-state index is 10.7. The number of thioether (sulfide) groups is 1. The molecule has 1 unspecified atom stereocenters. The lowest BCUT2D eigenvalue weighted by Crippen LogP contribution is -2.37. The summed E-state index contributed by atoms with van der Waals surface area (Å²) in [7, 11) is 0. The summed E-state index contributed by atoms with van der Waals surface area (Å²) in [6.07, 6.45) is 4.84. The smallest absolute Gasteiger partial charge is 0.320 e. The summed E-state index contributed by atoms with van der Waals surface area (Å²) in [5.74, 6) is 0.168. The first-order chi connectivity index (χ1) is 6.22. The SMILES string of the molecule is CCCCNC(CCSC)C(=O)O. The predicted molar refractivity (Wildman–Crippen MR) is 57.3 cm³/mol. The van der Waals surface area contributed by atoms with Gasteiger partial charge in [0.15, 0.2) is 0 Å². The van der Waals surface area contributed by atoms with Gasteiger partial charge < -0.3 is 10.4 Å². The van der Waals surface area contributed by atoms with Gasteiger partial charge in [-0.2, -0.15) is 11.8 Å². The first-order valence-electron chi connectivity index (χ1n) is 4.67. The van der Waals surface area contributed by atoms with Gasteiger partial charge in [0.1, 0.15) is 6.04 Å². The number of nitrogens with one attached hydrogen (secondary N) is 1. The molecule has 78 valence electrons. The van der Waals surface area contributed by atoms with Gasteiger partial charge in [-0.15, -0.1) is 0 Å². The van der Waals surface area contributed by atoms with Crippen molar-refractivity contribution in [3.05, 3.63) is 0 Å². The molecule has 0 radical (unpaired) electrons. The Kier molecular flexibility index (Phi) is 8.24. The van der Waals surface area contributed by atoms with E-state index in [0.717, 1.165) is 25.1 Å². The van der Waals surface area contributed by atoms with Gasteiger partial charge in [-0.05, 0) is 31.4 Å². The molecule has 0 aliphatic carbocycles. The number of hydrogen-bond acceptors (Lipinski definition) is 3. The zero-order chi connectivity index (χ0) is 10.1. The van der Waals surface area contributed by atoms with E-state index in [1.54, 1.807) is 11.8 Å². The summed E-state index contributed by atoms with van der Waals surface area (Å²) in [5.41, 5.74) is 0. The second-order valence-corrected chi connectivity index (χ2v) is 3.97. The highest BCUT2D eigenvalue weighted by Gasteiger charge is 2.14. The van der Waals surface area contributed by atoms with E-state index in [9.17, 15) is 4.79 Å². The Morgan fingerprint density at radius 3 is 2.77 bits per heavy atom. The van der Waals surface area contributed by atoms with Crippen LogP contribution >= 0.6 is 11.8 Å². The monoisotopic (exact) mass is 205 g/mol. The topological polar surface area (TPSA) is 49.3 Å². The molecule has 0 saturated heterocycles. The van der Waals surface area contributed by atoms with Crippen molar-refractivity contribution in [2.24, 2.45) is 0 Å². The number of hydrogen-bond donors (Lipinski definition) is 2. The van der Waals surface area contributed by atoms with Crippen LogP contribution < -0.4 is 5.32 Å². The quantitative estimate of drug-likeness (QED) is 0.591. The van der Waals surface area contributed by atoms with Gasteiger partial charge in [-0.3, -0.25) is 4.79 Å². The largest absolute Gasteiger partial charge is 0.480 e. The molecule has 0 fully saturated rings. The first kappa shape index (κ1) is 12.8. The highest BCUT2D eigenvalue weighted by atomic mass is 32.2. The number of unbranched alkanes of at least 4 members (excludes halogenated alkanes) is 1. The van der Waals surface area contributed by atoms with E-state index >= 15 is 0 Å². The molecule has 2 N–H and O–H groups in total. The Morgan fingerprint density at radius 1 is 1.62 bits per heavy atom. The summed E-state index contributed by atoms with van der Waals surface area (Å²) >= 11 is 1.68. The van der Waals surface area contributed by atoms with Crippen LogP contribution in [0.4, 0.5) is 0 Å². The molecule has 0 aromatic rings. The first-order valence-corrected chi connectivity index (χ1v) is 6.06. The average Bonchev–Trinajstić information content (AvgIpc) is 2.10. The molecule has 0 rings (SSSR count). The van der Waals surface area contributed by atoms with Gasteiger partial charge in [0, 0.05) is 0 Å². The van der Waals surface area contributed by atoms with Crippen LogP contribution in [0.3, 0.4) is 0 Å². The minimum absolute atomic E-state index is 0.362. The minimum atomic E-state index is -0.731. The molecular formula is C9H19NO2S. The third kappa shape index (κ3) is 6.90. The zero-order valence-corrected chi connectivity index (χ0v) is 9.19. The molecule has 4 heteroatoms. The molecule has 1 atom stereocenters. The van der Waals surface area contributed by atoms with Crippen molar-refractivity contribution in [3.63, 3.8) is 0 Å². The van der Waals surface area contributed by atoms with Crippen molar-refractivity contribution in [3.8, 4) is 0 Å². The van der Waals surface area contributed by atoms with E-state index < -0.39 is 5.97 Å². The number of aliphatic carboxylic acids is 1. The van der Waals surface area contributed by atoms with Crippen molar-refractivity contribution in [1.29, 1.82) is 0 Å². The van der Waals surface area contributed by atoms with Gasteiger partial charge in [-0.1, -0.05) is 13.3 Å². The van der Waals surface area contributed by atoms with Crippen LogP contribution in [0.1, 0.15) is 26.2 Å². The molecule has 3 nitrogen and oxygen atoms in total. The van der Waals surface area contributed by atoms with Crippen LogP contribution in [0, 0.1) is 0 Å². The Hall–Kier alpha value is -0.220. The Balaban J connectivity index is 3.61. The zero-order valence-electron chi connectivity index (χ0n) is 8.38. The van der Waals surface area contributed by atoms with Crippen molar-refractivity contribution >= 4 is 17.7 Å². The highest BCUT2D eigenvalue weighted by molar-refractivity contribution is 7.98. The molecule has 0 aromatic carbocycles. The number of carbonyl (C=O) groups is 1. The Labute approximate surface area is 84.3 Å². The molecule has 0 saturated carbocycles. The van der Waals surface area contributed by atoms with Gasteiger partial charge in [0.2, 0.25) is 0 Å². The Morgan fingerprint density at radius 2 is 2.31 bits per heavy atom. The highest BCUT2D eigenvalue weighted by Crippen LogP contribution is 2.01. The van der Waals surface area contributed by atoms with Crippen LogP contribution in [0.5, 0.6) is 0 Å². The van der Waals surface area contributed by atoms with Crippen molar-refractivity contribution < 1.29 is 9.90 Å². The molecule has 0 aromatic heterocycles. The number of carboxylic acid groups (broad SMARTS) is 1. The summed E-state index contributed by atoms with van der Waals surface area (Å²) in [6, 6.07) is -0.362. The molecule has 0 heterocycles. The Bertz CT molecular complexity index is 142. The van der Waals surface area contributed by atoms with Gasteiger partial charge in [0.25, 0.3) is 0 Å². The third-order valence-electron chi connectivity index (χ3n) is 1.83. The van der Waals surface area contributed by atoms with Gasteiger partial charge in [0.05, 0.1) is 0 Å². The number of carboxylic acids is 1. The van der Waals surface area contributed by atoms with Crippen LogP contribution in [-0.4, -0.2) is 35.7 Å². The average molecular weight is 205 g/mol. The maximum atomic E-state index is 10.7. The molecule has 0 amide bonds. The fraction of sp³-hybridized carbons (Fsp3) is 0.889. The van der Waals surface area contributed by atoms with E-state index in [2.05, 4.69) is 12.2 Å². The predicted octanol–water partition coefficient (Wildman–Crippen LogP) is 1.58. The lowest BCUT2D eigenvalue weighted by Gasteiger charge is -2.12. The van der Waals surface area contributed by atoms with E-state index in [0.29, 0.717) is 6.42 Å². The lowest BCUT2D eigenvalue weighted by molar-refractivity contribution is -0.139. The van der Waals surface area contributed by atoms with Crippen molar-refractivity contribution in [2.45, 2.75) is 32.2 Å². The van der Waals surface area contributed by atoms with E-state index in [1.165, 1.54) is 0 Å². The van der Waals surface area contributed by atoms with Crippen LogP contribution in [-0.2, 0) is 4.79 Å². The molecule has 0 bridgehead atoms. The molecule has 13 heavy (non-hydrogen) atoms. The van der Waals surface area contributed by atoms with E-state index in [4.69, 9.17) is 5.11 Å². The van der Waals surface area contributed by atoms with Gasteiger partial charge in [-0.25, -0.2) is 0 Å². The van der Waals surface area contributed by atoms with E-state index in [-0.39, 0.29) is 6.04 Å². The third-order valence-corrected chi connectivity index (χ3v) is 2.47. The summed E-state index contributed by atoms with van der Waals surface area (Å²) in [4.78, 5) is 10.7. The standard InChI is InChI=1S/C9H19NO2S/c1-3-4-6-10-8(9(11)12)5-7-13-2/h8,10H,3-7H2,1-2H3,(H,11,12). The van der Waals surface area contributed by atoms with Gasteiger partial charge >= 0.3 is 5.97 Å². The molecule has 0 spiro atoms. The summed E-state index contributed by atoms with van der Waals surface area (Å²) < 4.78 is 0. The summed E-state index contributed by atoms with van der Waals surface area (Å²) in [5, 5.41) is 11.9. The van der Waals surface area contributed by atoms with Crippen LogP contribution in [0.15, 0.2) is 0 Å². The van der Waals surface area contributed by atoms with Crippen LogP contribution in [0.2, 0.25) is 0 Å².